The Morgan fingerprint density at radius 1 is 1.25 bits per heavy atom. The zero-order valence-corrected chi connectivity index (χ0v) is 12.3. The predicted octanol–water partition coefficient (Wildman–Crippen LogP) is 3.84. The summed E-state index contributed by atoms with van der Waals surface area (Å²) in [4.78, 5) is 11.4. The Morgan fingerprint density at radius 2 is 1.70 bits per heavy atom. The minimum Gasteiger partial charge on any atom is -0.444 e. The fourth-order valence-corrected chi connectivity index (χ4v) is 1.72. The third-order valence-electron chi connectivity index (χ3n) is 2.56. The van der Waals surface area contributed by atoms with Crippen LogP contribution in [-0.2, 0) is 4.74 Å². The van der Waals surface area contributed by atoms with E-state index in [-0.39, 0.29) is 8.95 Å². The van der Waals surface area contributed by atoms with Gasteiger partial charge < -0.3 is 15.8 Å². The van der Waals surface area contributed by atoms with Crippen LogP contribution >= 0.6 is 0 Å². The van der Waals surface area contributed by atoms with Crippen molar-refractivity contribution in [3.63, 3.8) is 0 Å². The number of nitrogens with one attached hydrogen (secondary N) is 1. The molecule has 0 unspecified atom stereocenters. The number of hydrogen-bond acceptors (Lipinski definition) is 3. The number of nitrogens with two attached hydrogens (primary N) is 1. The van der Waals surface area contributed by atoms with Gasteiger partial charge in [-0.3, -0.25) is 0 Å². The molecule has 1 saturated carbocycles. The number of amides is 1. The average molecular weight is 302 g/mol. The first-order valence-corrected chi connectivity index (χ1v) is 6.80. The number of carbonyl (C=O) groups excluding carboxylic acids is 1. The number of alkyl carbamates (subject to hydrolysis) is 1. The number of hydrogen-bond donors (Lipinski definition) is 2. The van der Waals surface area contributed by atoms with Gasteiger partial charge in [0.15, 0.2) is 0 Å². The van der Waals surface area contributed by atoms with E-state index in [1.165, 1.54) is 19.3 Å². The van der Waals surface area contributed by atoms with E-state index < -0.39 is 18.3 Å². The average Bonchev–Trinajstić information content (AvgIpc) is 2.27. The minimum atomic E-state index is -4.18. The molecule has 7 heteroatoms. The van der Waals surface area contributed by atoms with Gasteiger partial charge in [-0.1, -0.05) is 19.3 Å². The van der Waals surface area contributed by atoms with E-state index in [0.717, 1.165) is 12.8 Å². The van der Waals surface area contributed by atoms with Crippen molar-refractivity contribution in [1.29, 1.82) is 0 Å². The molecule has 20 heavy (non-hydrogen) atoms. The number of halogens is 3. The highest BCUT2D eigenvalue weighted by atomic mass is 19.4. The number of carbonyl (C=O) groups is 1. The number of rotatable bonds is 1. The van der Waals surface area contributed by atoms with Crippen molar-refractivity contribution in [1.82, 2.24) is 5.32 Å². The second kappa shape index (κ2) is 8.34. The third-order valence-corrected chi connectivity index (χ3v) is 2.56. The molecule has 1 aliphatic rings. The fraction of sp³-hybridized carbons (Fsp3) is 0.923. The van der Waals surface area contributed by atoms with Crippen LogP contribution < -0.4 is 11.1 Å². The van der Waals surface area contributed by atoms with E-state index in [1.54, 1.807) is 0 Å². The van der Waals surface area contributed by atoms with E-state index in [2.05, 4.69) is 11.1 Å². The molecular weight excluding hydrogens is 273 g/mol. The zero-order valence-electron chi connectivity index (χ0n) is 12.3. The Bertz CT molecular complexity index is 292. The first kappa shape index (κ1) is 19.0. The first-order chi connectivity index (χ1) is 9.03. The van der Waals surface area contributed by atoms with Crippen LogP contribution in [0.5, 0.6) is 0 Å². The smallest absolute Gasteiger partial charge is 0.407 e. The van der Waals surface area contributed by atoms with Crippen LogP contribution in [0.25, 0.3) is 0 Å². The highest BCUT2D eigenvalue weighted by Gasteiger charge is 2.23. The molecular formula is C13H29F3N2O2. The molecule has 1 fully saturated rings. The fourth-order valence-electron chi connectivity index (χ4n) is 1.72. The first-order valence-electron chi connectivity index (χ1n) is 6.80. The van der Waals surface area contributed by atoms with Crippen LogP contribution in [0.4, 0.5) is 18.0 Å². The maximum absolute atomic E-state index is 11.4. The largest absolute Gasteiger partial charge is 0.444 e. The number of alkyl halides is 3. The molecule has 0 aromatic rings. The summed E-state index contributed by atoms with van der Waals surface area (Å²) in [5, 5.41) is 2.91. The van der Waals surface area contributed by atoms with Crippen molar-refractivity contribution in [3.8, 4) is 0 Å². The zero-order chi connectivity index (χ0) is 15.8. The van der Waals surface area contributed by atoms with Crippen molar-refractivity contribution in [2.24, 2.45) is 5.73 Å². The highest BCUT2D eigenvalue weighted by Crippen LogP contribution is 2.18. The summed E-state index contributed by atoms with van der Waals surface area (Å²) in [5.41, 5.74) is 3.79. The lowest BCUT2D eigenvalue weighted by Crippen LogP contribution is -2.39. The van der Waals surface area contributed by atoms with Gasteiger partial charge in [0.1, 0.15) is 5.60 Å². The summed E-state index contributed by atoms with van der Waals surface area (Å²) < 4.78 is 37.2. The molecule has 1 aliphatic carbocycles. The van der Waals surface area contributed by atoms with Gasteiger partial charge in [0, 0.05) is 8.90 Å². The van der Waals surface area contributed by atoms with Crippen molar-refractivity contribution in [3.05, 3.63) is 0 Å². The Hall–Kier alpha value is -0.980. The van der Waals surface area contributed by atoms with Crippen molar-refractivity contribution < 1.29 is 25.6 Å². The van der Waals surface area contributed by atoms with Gasteiger partial charge >= 0.3 is 12.3 Å². The summed E-state index contributed by atoms with van der Waals surface area (Å²) in [5.74, 6) is 0. The Labute approximate surface area is 121 Å². The standard InChI is InChI=1S/C11H21NO2.C2H4F3N.2H2/c1-11(2,3)14-10(13)12-9-7-5-4-6-8-9;3-2(4,5)1-6;;/h9H,4-8H2,1-3H3,(H,12,13);1,6H2;2*1H. The molecule has 0 radical (unpaired) electrons. The molecule has 1 amide bonds. The summed E-state index contributed by atoms with van der Waals surface area (Å²) in [6.45, 7) is 4.42. The molecule has 0 bridgehead atoms. The lowest BCUT2D eigenvalue weighted by molar-refractivity contribution is -0.118. The van der Waals surface area contributed by atoms with Crippen LogP contribution in [0.1, 0.15) is 55.7 Å². The van der Waals surface area contributed by atoms with E-state index in [0.29, 0.717) is 6.04 Å². The Morgan fingerprint density at radius 3 is 2.05 bits per heavy atom. The summed E-state index contributed by atoms with van der Waals surface area (Å²) in [7, 11) is 0. The SMILES string of the molecule is CC(C)(C)OC(=O)NC1CCCCC1.NCC(F)(F)F.[HH].[HH]. The van der Waals surface area contributed by atoms with Crippen LogP contribution in [0.3, 0.4) is 0 Å². The van der Waals surface area contributed by atoms with Crippen molar-refractivity contribution in [2.45, 2.75) is 70.7 Å². The minimum absolute atomic E-state index is 0. The topological polar surface area (TPSA) is 64.3 Å². The lowest BCUT2D eigenvalue weighted by atomic mass is 9.96. The lowest BCUT2D eigenvalue weighted by Gasteiger charge is -2.25. The molecule has 0 atom stereocenters. The van der Waals surface area contributed by atoms with E-state index in [4.69, 9.17) is 4.74 Å². The molecule has 0 aromatic heterocycles. The normalized spacial score (nSPS) is 16.9. The van der Waals surface area contributed by atoms with E-state index in [1.807, 2.05) is 20.8 Å². The summed E-state index contributed by atoms with van der Waals surface area (Å²) >= 11 is 0. The summed E-state index contributed by atoms with van der Waals surface area (Å²) in [6, 6.07) is 0.332. The Kier molecular flexibility index (Phi) is 7.93. The molecule has 4 nitrogen and oxygen atoms in total. The van der Waals surface area contributed by atoms with Gasteiger partial charge in [0.25, 0.3) is 0 Å². The van der Waals surface area contributed by atoms with Crippen LogP contribution in [0, 0.1) is 0 Å². The molecule has 3 N–H and O–H groups in total. The molecule has 0 saturated heterocycles. The monoisotopic (exact) mass is 302 g/mol. The van der Waals surface area contributed by atoms with Crippen LogP contribution in [-0.4, -0.2) is 30.5 Å². The quantitative estimate of drug-likeness (QED) is 0.773. The second-order valence-corrected chi connectivity index (χ2v) is 5.80. The predicted molar refractivity (Wildman–Crippen MR) is 75.6 cm³/mol. The van der Waals surface area contributed by atoms with Crippen molar-refractivity contribution >= 4 is 6.09 Å². The second-order valence-electron chi connectivity index (χ2n) is 5.80. The number of ether oxygens (including phenoxy) is 1. The maximum Gasteiger partial charge on any atom is 0.407 e. The summed E-state index contributed by atoms with van der Waals surface area (Å²) in [6.07, 6.45) is 1.48. The van der Waals surface area contributed by atoms with E-state index in [9.17, 15) is 18.0 Å². The van der Waals surface area contributed by atoms with Crippen LogP contribution in [0.2, 0.25) is 0 Å². The van der Waals surface area contributed by atoms with Gasteiger partial charge in [-0.05, 0) is 33.6 Å². The van der Waals surface area contributed by atoms with Gasteiger partial charge in [-0.15, -0.1) is 0 Å². The molecule has 124 valence electrons. The molecule has 0 spiro atoms. The van der Waals surface area contributed by atoms with Gasteiger partial charge in [-0.2, -0.15) is 13.2 Å². The molecule has 0 aliphatic heterocycles. The van der Waals surface area contributed by atoms with E-state index >= 15 is 0 Å². The molecule has 1 rings (SSSR count). The van der Waals surface area contributed by atoms with Gasteiger partial charge in [-0.25, -0.2) is 4.79 Å². The van der Waals surface area contributed by atoms with Crippen LogP contribution in [0.15, 0.2) is 0 Å². The van der Waals surface area contributed by atoms with Gasteiger partial charge in [0.05, 0.1) is 6.54 Å². The molecule has 0 aromatic carbocycles. The maximum atomic E-state index is 11.4. The van der Waals surface area contributed by atoms with Crippen molar-refractivity contribution in [2.75, 3.05) is 6.54 Å². The third kappa shape index (κ3) is 12.1. The highest BCUT2D eigenvalue weighted by molar-refractivity contribution is 5.68. The Balaban J connectivity index is -0.000000392. The van der Waals surface area contributed by atoms with Gasteiger partial charge in [0.2, 0.25) is 0 Å². The molecule has 0 heterocycles.